The molecule has 1 saturated heterocycles. The molecule has 24 heavy (non-hydrogen) atoms. The molecule has 0 bridgehead atoms. The lowest BCUT2D eigenvalue weighted by atomic mass is 10.1. The summed E-state index contributed by atoms with van der Waals surface area (Å²) in [6.07, 6.45) is -0.0188. The second-order valence-corrected chi connectivity index (χ2v) is 6.43. The summed E-state index contributed by atoms with van der Waals surface area (Å²) in [5.74, 6) is 0.687. The number of likely N-dealkylation sites (tertiary alicyclic amines) is 1. The van der Waals surface area contributed by atoms with Crippen LogP contribution < -0.4 is 4.74 Å². The first-order valence-electron chi connectivity index (χ1n) is 7.90. The van der Waals surface area contributed by atoms with Gasteiger partial charge in [-0.05, 0) is 36.4 Å². The average Bonchev–Trinajstić information content (AvgIpc) is 2.54. The molecule has 0 spiro atoms. The molecule has 1 aliphatic heterocycles. The summed E-state index contributed by atoms with van der Waals surface area (Å²) in [5.41, 5.74) is 0. The van der Waals surface area contributed by atoms with Crippen molar-refractivity contribution in [1.82, 2.24) is 9.88 Å². The van der Waals surface area contributed by atoms with Crippen molar-refractivity contribution < 1.29 is 17.9 Å². The van der Waals surface area contributed by atoms with Gasteiger partial charge in [0.15, 0.2) is 0 Å². The summed E-state index contributed by atoms with van der Waals surface area (Å²) in [7, 11) is 0. The molecule has 0 atom stereocenters. The van der Waals surface area contributed by atoms with E-state index < -0.39 is 12.6 Å². The number of halogens is 4. The second-order valence-electron chi connectivity index (χ2n) is 6.03. The molecule has 0 amide bonds. The number of alkyl halides is 3. The molecule has 1 aromatic heterocycles. The van der Waals surface area contributed by atoms with E-state index in [1.54, 1.807) is 18.5 Å². The predicted octanol–water partition coefficient (Wildman–Crippen LogP) is 4.68. The van der Waals surface area contributed by atoms with Gasteiger partial charge >= 0.3 is 6.18 Å². The number of benzene rings is 1. The zero-order chi connectivity index (χ0) is 17.2. The van der Waals surface area contributed by atoms with Crippen molar-refractivity contribution >= 4 is 22.4 Å². The van der Waals surface area contributed by atoms with Gasteiger partial charge in [-0.25, -0.2) is 0 Å². The summed E-state index contributed by atoms with van der Waals surface area (Å²) in [4.78, 5) is 5.89. The first-order valence-corrected chi connectivity index (χ1v) is 8.27. The van der Waals surface area contributed by atoms with Crippen molar-refractivity contribution in [2.45, 2.75) is 31.5 Å². The molecule has 0 N–H and O–H groups in total. The third-order valence-electron chi connectivity index (χ3n) is 4.23. The molecule has 1 fully saturated rings. The molecule has 3 rings (SSSR count). The van der Waals surface area contributed by atoms with Crippen LogP contribution in [0, 0.1) is 0 Å². The molecule has 0 saturated carbocycles. The lowest BCUT2D eigenvalue weighted by Gasteiger charge is -2.32. The van der Waals surface area contributed by atoms with Crippen molar-refractivity contribution in [3.63, 3.8) is 0 Å². The van der Waals surface area contributed by atoms with E-state index in [-0.39, 0.29) is 12.6 Å². The number of hydrogen-bond acceptors (Lipinski definition) is 3. The molecule has 7 heteroatoms. The van der Waals surface area contributed by atoms with Gasteiger partial charge in [0.05, 0.1) is 11.4 Å². The maximum absolute atomic E-state index is 12.3. The monoisotopic (exact) mass is 358 g/mol. The highest BCUT2D eigenvalue weighted by Gasteiger charge is 2.29. The number of ether oxygens (including phenoxy) is 1. The van der Waals surface area contributed by atoms with Gasteiger partial charge in [0.1, 0.15) is 11.9 Å². The quantitative estimate of drug-likeness (QED) is 0.793. The second kappa shape index (κ2) is 7.15. The van der Waals surface area contributed by atoms with Gasteiger partial charge in [-0.1, -0.05) is 11.6 Å². The normalized spacial score (nSPS) is 17.3. The van der Waals surface area contributed by atoms with E-state index >= 15 is 0 Å². The fourth-order valence-corrected chi connectivity index (χ4v) is 3.19. The van der Waals surface area contributed by atoms with Crippen LogP contribution in [0.3, 0.4) is 0 Å². The van der Waals surface area contributed by atoms with Crippen LogP contribution in [0.15, 0.2) is 30.6 Å². The van der Waals surface area contributed by atoms with Gasteiger partial charge < -0.3 is 9.64 Å². The largest absolute Gasteiger partial charge is 0.490 e. The minimum atomic E-state index is -4.09. The van der Waals surface area contributed by atoms with Crippen LogP contribution in [-0.2, 0) is 0 Å². The van der Waals surface area contributed by atoms with E-state index in [0.29, 0.717) is 36.7 Å². The molecule has 3 nitrogen and oxygen atoms in total. The van der Waals surface area contributed by atoms with Crippen LogP contribution in [0.5, 0.6) is 5.75 Å². The van der Waals surface area contributed by atoms with Gasteiger partial charge in [0.25, 0.3) is 0 Å². The number of fused-ring (bicyclic) bond motifs is 1. The van der Waals surface area contributed by atoms with E-state index in [2.05, 4.69) is 4.98 Å². The summed E-state index contributed by atoms with van der Waals surface area (Å²) in [5, 5.41) is 2.40. The molecule has 0 aliphatic carbocycles. The SMILES string of the molecule is FC(F)(F)CCN1CCC(Oc2cc(Cl)c3cnccc3c2)CC1. The molecule has 1 aromatic carbocycles. The minimum Gasteiger partial charge on any atom is -0.490 e. The Morgan fingerprint density at radius 1 is 1.25 bits per heavy atom. The number of pyridine rings is 1. The first-order chi connectivity index (χ1) is 11.4. The Labute approximate surface area is 143 Å². The number of hydrogen-bond donors (Lipinski definition) is 0. The molecular formula is C17H18ClF3N2O. The van der Waals surface area contributed by atoms with Crippen LogP contribution in [-0.4, -0.2) is 41.8 Å². The first kappa shape index (κ1) is 17.3. The van der Waals surface area contributed by atoms with Crippen molar-refractivity contribution in [2.75, 3.05) is 19.6 Å². The van der Waals surface area contributed by atoms with Crippen LogP contribution in [0.2, 0.25) is 5.02 Å². The van der Waals surface area contributed by atoms with E-state index in [0.717, 1.165) is 10.8 Å². The maximum Gasteiger partial charge on any atom is 0.390 e. The fourth-order valence-electron chi connectivity index (χ4n) is 2.92. The third kappa shape index (κ3) is 4.51. The molecule has 0 radical (unpaired) electrons. The lowest BCUT2D eigenvalue weighted by Crippen LogP contribution is -2.39. The highest BCUT2D eigenvalue weighted by molar-refractivity contribution is 6.35. The molecule has 2 aromatic rings. The Bertz CT molecular complexity index is 700. The molecule has 2 heterocycles. The summed E-state index contributed by atoms with van der Waals surface area (Å²) >= 11 is 6.25. The zero-order valence-electron chi connectivity index (χ0n) is 13.0. The van der Waals surface area contributed by atoms with Crippen LogP contribution in [0.4, 0.5) is 13.2 Å². The Morgan fingerprint density at radius 3 is 2.71 bits per heavy atom. The number of aromatic nitrogens is 1. The van der Waals surface area contributed by atoms with Crippen LogP contribution in [0.25, 0.3) is 10.8 Å². The summed E-state index contributed by atoms with van der Waals surface area (Å²) < 4.78 is 42.8. The molecule has 1 aliphatic rings. The van der Waals surface area contributed by atoms with Gasteiger partial charge in [-0.2, -0.15) is 13.2 Å². The fraction of sp³-hybridized carbons (Fsp3) is 0.471. The van der Waals surface area contributed by atoms with Crippen molar-refractivity contribution in [3.8, 4) is 5.75 Å². The van der Waals surface area contributed by atoms with Gasteiger partial charge in [0, 0.05) is 37.4 Å². The van der Waals surface area contributed by atoms with E-state index in [1.807, 2.05) is 17.0 Å². The van der Waals surface area contributed by atoms with Gasteiger partial charge in [-0.3, -0.25) is 4.98 Å². The Hall–Kier alpha value is -1.53. The topological polar surface area (TPSA) is 25.4 Å². The predicted molar refractivity (Wildman–Crippen MR) is 87.5 cm³/mol. The van der Waals surface area contributed by atoms with Crippen LogP contribution in [0.1, 0.15) is 19.3 Å². The third-order valence-corrected chi connectivity index (χ3v) is 4.54. The number of nitrogens with zero attached hydrogens (tertiary/aromatic N) is 2. The van der Waals surface area contributed by atoms with Crippen LogP contribution >= 0.6 is 11.6 Å². The van der Waals surface area contributed by atoms with Gasteiger partial charge in [-0.15, -0.1) is 0 Å². The molecule has 130 valence electrons. The molecular weight excluding hydrogens is 341 g/mol. The highest BCUT2D eigenvalue weighted by Crippen LogP contribution is 2.30. The Kier molecular flexibility index (Phi) is 5.15. The Balaban J connectivity index is 1.56. The number of rotatable bonds is 4. The minimum absolute atomic E-state index is 0.00231. The van der Waals surface area contributed by atoms with Crippen molar-refractivity contribution in [1.29, 1.82) is 0 Å². The molecule has 0 unspecified atom stereocenters. The van der Waals surface area contributed by atoms with E-state index in [4.69, 9.17) is 16.3 Å². The highest BCUT2D eigenvalue weighted by atomic mass is 35.5. The van der Waals surface area contributed by atoms with Gasteiger partial charge in [0.2, 0.25) is 0 Å². The Morgan fingerprint density at radius 2 is 2.00 bits per heavy atom. The van der Waals surface area contributed by atoms with Crippen molar-refractivity contribution in [3.05, 3.63) is 35.6 Å². The standard InChI is InChI=1S/C17H18ClF3N2O/c18-16-10-14(9-12-1-5-22-11-15(12)16)24-13-2-6-23(7-3-13)8-4-17(19,20)21/h1,5,9-11,13H,2-4,6-8H2. The maximum atomic E-state index is 12.3. The summed E-state index contributed by atoms with van der Waals surface area (Å²) in [6.45, 7) is 1.29. The summed E-state index contributed by atoms with van der Waals surface area (Å²) in [6, 6.07) is 5.55. The smallest absolute Gasteiger partial charge is 0.390 e. The van der Waals surface area contributed by atoms with Crippen molar-refractivity contribution in [2.24, 2.45) is 0 Å². The average molecular weight is 359 g/mol. The van der Waals surface area contributed by atoms with E-state index in [1.165, 1.54) is 0 Å². The van der Waals surface area contributed by atoms with E-state index in [9.17, 15) is 13.2 Å². The number of piperidine rings is 1. The lowest BCUT2D eigenvalue weighted by molar-refractivity contribution is -0.138. The zero-order valence-corrected chi connectivity index (χ0v) is 13.8.